The van der Waals surface area contributed by atoms with Gasteiger partial charge in [-0.3, -0.25) is 9.63 Å². The minimum absolute atomic E-state index is 0.0813. The Kier molecular flexibility index (Phi) is 5.00. The number of nitrogens with zero attached hydrogens (tertiary/aromatic N) is 1. The van der Waals surface area contributed by atoms with Crippen molar-refractivity contribution in [3.05, 3.63) is 29.8 Å². The molecule has 0 aromatic heterocycles. The molecule has 21 heavy (non-hydrogen) atoms. The molecule has 1 saturated heterocycles. The van der Waals surface area contributed by atoms with Crippen LogP contribution in [0.15, 0.2) is 29.2 Å². The monoisotopic (exact) mass is 311 g/mol. The molecule has 116 valence electrons. The Labute approximate surface area is 125 Å². The lowest BCUT2D eigenvalue weighted by Crippen LogP contribution is -2.32. The first-order valence-corrected chi connectivity index (χ1v) is 8.77. The van der Waals surface area contributed by atoms with Gasteiger partial charge in [0.2, 0.25) is 0 Å². The fourth-order valence-corrected chi connectivity index (χ4v) is 3.45. The molecule has 0 radical (unpaired) electrons. The van der Waals surface area contributed by atoms with Gasteiger partial charge in [-0.25, -0.2) is 13.5 Å². The number of hydrogen-bond acceptors (Lipinski definition) is 4. The molecular weight excluding hydrogens is 290 g/mol. The van der Waals surface area contributed by atoms with Crippen LogP contribution in [0, 0.1) is 0 Å². The molecule has 0 aliphatic carbocycles. The van der Waals surface area contributed by atoms with Crippen LogP contribution in [0.5, 0.6) is 0 Å². The van der Waals surface area contributed by atoms with Gasteiger partial charge in [0, 0.05) is 6.54 Å². The third-order valence-electron chi connectivity index (χ3n) is 3.52. The van der Waals surface area contributed by atoms with Crippen LogP contribution in [0.1, 0.15) is 43.5 Å². The minimum Gasteiger partial charge on any atom is -0.271 e. The summed E-state index contributed by atoms with van der Waals surface area (Å²) >= 11 is 0. The second-order valence-electron chi connectivity index (χ2n) is 5.39. The van der Waals surface area contributed by atoms with E-state index < -0.39 is 15.1 Å². The molecule has 0 spiro atoms. The lowest BCUT2D eigenvalue weighted by atomic mass is 10.2. The summed E-state index contributed by atoms with van der Waals surface area (Å²) in [4.78, 5) is 18.1. The summed E-state index contributed by atoms with van der Waals surface area (Å²) < 4.78 is 24.8. The van der Waals surface area contributed by atoms with Crippen molar-refractivity contribution in [2.24, 2.45) is 0 Å². The van der Waals surface area contributed by atoms with Crippen LogP contribution >= 0.6 is 0 Å². The topological polar surface area (TPSA) is 63.7 Å². The standard InChI is InChI=1S/C15H21NO4S/c1-12(2)21(18,19)14-9-5-4-8-13(14)15(17)16-10-6-3-7-11-20-16/h4-5,8-9,12H,3,6-7,10-11H2,1-2H3. The second-order valence-corrected chi connectivity index (χ2v) is 7.86. The Morgan fingerprint density at radius 2 is 1.90 bits per heavy atom. The van der Waals surface area contributed by atoms with Crippen LogP contribution in [0.3, 0.4) is 0 Å². The molecule has 0 bridgehead atoms. The van der Waals surface area contributed by atoms with Crippen molar-refractivity contribution < 1.29 is 18.0 Å². The first-order valence-electron chi connectivity index (χ1n) is 7.22. The molecule has 6 heteroatoms. The van der Waals surface area contributed by atoms with Gasteiger partial charge in [0.1, 0.15) is 0 Å². The van der Waals surface area contributed by atoms with Gasteiger partial charge in [-0.05, 0) is 45.2 Å². The van der Waals surface area contributed by atoms with Crippen molar-refractivity contribution in [1.82, 2.24) is 5.06 Å². The average molecular weight is 311 g/mol. The predicted molar refractivity (Wildman–Crippen MR) is 79.6 cm³/mol. The molecule has 2 rings (SSSR count). The first-order chi connectivity index (χ1) is 9.94. The lowest BCUT2D eigenvalue weighted by molar-refractivity contribution is -0.115. The summed E-state index contributed by atoms with van der Waals surface area (Å²) in [5, 5.41) is 0.721. The van der Waals surface area contributed by atoms with Gasteiger partial charge in [0.05, 0.1) is 22.3 Å². The van der Waals surface area contributed by atoms with Crippen molar-refractivity contribution in [2.75, 3.05) is 13.2 Å². The maximum absolute atomic E-state index is 12.6. The zero-order valence-electron chi connectivity index (χ0n) is 12.4. The minimum atomic E-state index is -3.50. The summed E-state index contributed by atoms with van der Waals surface area (Å²) in [6.07, 6.45) is 2.79. The van der Waals surface area contributed by atoms with E-state index in [1.54, 1.807) is 32.0 Å². The number of carbonyl (C=O) groups excluding carboxylic acids is 1. The fraction of sp³-hybridized carbons (Fsp3) is 0.533. The number of hydrogen-bond donors (Lipinski definition) is 0. The molecule has 0 atom stereocenters. The highest BCUT2D eigenvalue weighted by Crippen LogP contribution is 2.23. The van der Waals surface area contributed by atoms with Gasteiger partial charge in [-0.15, -0.1) is 0 Å². The number of carbonyl (C=O) groups is 1. The van der Waals surface area contributed by atoms with Crippen molar-refractivity contribution in [3.63, 3.8) is 0 Å². The Morgan fingerprint density at radius 1 is 1.19 bits per heavy atom. The molecule has 0 N–H and O–H groups in total. The van der Waals surface area contributed by atoms with Crippen LogP contribution in [0.25, 0.3) is 0 Å². The summed E-state index contributed by atoms with van der Waals surface area (Å²) in [5.74, 6) is -0.378. The Hall–Kier alpha value is -1.40. The summed E-state index contributed by atoms with van der Waals surface area (Å²) in [7, 11) is -3.50. The Morgan fingerprint density at radius 3 is 2.62 bits per heavy atom. The van der Waals surface area contributed by atoms with E-state index in [0.717, 1.165) is 19.3 Å². The van der Waals surface area contributed by atoms with Crippen molar-refractivity contribution in [3.8, 4) is 0 Å². The van der Waals surface area contributed by atoms with Crippen LogP contribution < -0.4 is 0 Å². The fourth-order valence-electron chi connectivity index (χ4n) is 2.21. The van der Waals surface area contributed by atoms with E-state index in [4.69, 9.17) is 4.84 Å². The molecule has 1 aromatic carbocycles. The van der Waals surface area contributed by atoms with E-state index in [9.17, 15) is 13.2 Å². The normalized spacial score (nSPS) is 16.8. The maximum atomic E-state index is 12.6. The lowest BCUT2D eigenvalue weighted by Gasteiger charge is -2.21. The van der Waals surface area contributed by atoms with Crippen LogP contribution in [-0.4, -0.2) is 37.8 Å². The van der Waals surface area contributed by atoms with Gasteiger partial charge >= 0.3 is 0 Å². The van der Waals surface area contributed by atoms with Crippen LogP contribution in [0.4, 0.5) is 0 Å². The SMILES string of the molecule is CC(C)S(=O)(=O)c1ccccc1C(=O)N1CCCCCO1. The highest BCUT2D eigenvalue weighted by Gasteiger charge is 2.28. The number of hydroxylamine groups is 2. The molecule has 5 nitrogen and oxygen atoms in total. The molecule has 1 amide bonds. The van der Waals surface area contributed by atoms with Gasteiger partial charge in [0.25, 0.3) is 5.91 Å². The van der Waals surface area contributed by atoms with Crippen LogP contribution in [-0.2, 0) is 14.7 Å². The quantitative estimate of drug-likeness (QED) is 0.860. The van der Waals surface area contributed by atoms with E-state index in [1.165, 1.54) is 11.1 Å². The summed E-state index contributed by atoms with van der Waals surface area (Å²) in [5.41, 5.74) is 0.188. The van der Waals surface area contributed by atoms with Gasteiger partial charge in [-0.1, -0.05) is 12.1 Å². The smallest absolute Gasteiger partial charge is 0.271 e. The molecule has 1 heterocycles. The summed E-state index contributed by atoms with van der Waals surface area (Å²) in [6.45, 7) is 4.21. The third-order valence-corrected chi connectivity index (χ3v) is 5.73. The van der Waals surface area contributed by atoms with Crippen molar-refractivity contribution in [2.45, 2.75) is 43.3 Å². The molecule has 0 saturated carbocycles. The highest BCUT2D eigenvalue weighted by atomic mass is 32.2. The van der Waals surface area contributed by atoms with Gasteiger partial charge in [-0.2, -0.15) is 0 Å². The molecular formula is C15H21NO4S. The van der Waals surface area contributed by atoms with E-state index in [-0.39, 0.29) is 16.4 Å². The highest BCUT2D eigenvalue weighted by molar-refractivity contribution is 7.92. The number of sulfone groups is 1. The Balaban J connectivity index is 2.38. The molecule has 1 aromatic rings. The van der Waals surface area contributed by atoms with E-state index in [0.29, 0.717) is 13.2 Å². The third kappa shape index (κ3) is 3.44. The van der Waals surface area contributed by atoms with Gasteiger partial charge in [0.15, 0.2) is 9.84 Å². The zero-order chi connectivity index (χ0) is 15.5. The van der Waals surface area contributed by atoms with Gasteiger partial charge < -0.3 is 0 Å². The summed E-state index contributed by atoms with van der Waals surface area (Å²) in [6, 6.07) is 6.34. The zero-order valence-corrected chi connectivity index (χ0v) is 13.2. The maximum Gasteiger partial charge on any atom is 0.278 e. The Bertz CT molecular complexity index is 602. The van der Waals surface area contributed by atoms with Crippen LogP contribution in [0.2, 0.25) is 0 Å². The van der Waals surface area contributed by atoms with E-state index in [2.05, 4.69) is 0 Å². The second kappa shape index (κ2) is 6.58. The van der Waals surface area contributed by atoms with Crippen molar-refractivity contribution in [1.29, 1.82) is 0 Å². The average Bonchev–Trinajstić information content (AvgIpc) is 2.75. The number of rotatable bonds is 3. The number of amides is 1. The molecule has 1 fully saturated rings. The van der Waals surface area contributed by atoms with Crippen molar-refractivity contribution >= 4 is 15.7 Å². The van der Waals surface area contributed by atoms with E-state index >= 15 is 0 Å². The predicted octanol–water partition coefficient (Wildman–Crippen LogP) is 2.43. The molecule has 1 aliphatic rings. The molecule has 1 aliphatic heterocycles. The number of benzene rings is 1. The largest absolute Gasteiger partial charge is 0.278 e. The molecule has 0 unspecified atom stereocenters. The first kappa shape index (κ1) is 16.0. The van der Waals surface area contributed by atoms with E-state index in [1.807, 2.05) is 0 Å².